The Hall–Kier alpha value is -1.29. The van der Waals surface area contributed by atoms with E-state index < -0.39 is 16.1 Å². The maximum Gasteiger partial charge on any atom is 0.0636 e. The number of rotatable bonds is 15. The fourth-order valence-corrected chi connectivity index (χ4v) is 6.21. The minimum atomic E-state index is -1.06. The molecule has 0 saturated carbocycles. The third-order valence-electron chi connectivity index (χ3n) is 6.54. The van der Waals surface area contributed by atoms with Crippen molar-refractivity contribution in [3.8, 4) is 0 Å². The normalized spacial score (nSPS) is 13.0. The van der Waals surface area contributed by atoms with Gasteiger partial charge >= 0.3 is 0 Å². The fourth-order valence-electron chi connectivity index (χ4n) is 4.13. The molecular formula is C32H52N2NiSi2. The van der Waals surface area contributed by atoms with E-state index in [1.807, 2.05) is 0 Å². The topological polar surface area (TPSA) is 24.7 Å². The average molecular weight is 580 g/mol. The monoisotopic (exact) mass is 578 g/mol. The van der Waals surface area contributed by atoms with Crippen molar-refractivity contribution >= 4 is 38.9 Å². The molecule has 0 aliphatic heterocycles. The third-order valence-corrected chi connectivity index (χ3v) is 10.0. The van der Waals surface area contributed by atoms with E-state index >= 15 is 0 Å². The van der Waals surface area contributed by atoms with Crippen LogP contribution in [0.15, 0.2) is 58.5 Å². The molecule has 0 saturated heterocycles. The van der Waals surface area contributed by atoms with Crippen molar-refractivity contribution in [1.82, 2.24) is 0 Å². The van der Waals surface area contributed by atoms with Crippen LogP contribution in [0.2, 0.25) is 51.4 Å². The molecule has 0 aliphatic carbocycles. The molecular weight excluding hydrogens is 527 g/mol. The fraction of sp³-hybridized carbons (Fsp3) is 0.562. The zero-order chi connectivity index (χ0) is 26.6. The van der Waals surface area contributed by atoms with Crippen molar-refractivity contribution in [3.05, 3.63) is 59.7 Å². The van der Waals surface area contributed by atoms with Crippen LogP contribution in [-0.2, 0) is 29.3 Å². The molecule has 0 aromatic heterocycles. The summed E-state index contributed by atoms with van der Waals surface area (Å²) in [6.07, 6.45) is 8.94. The molecule has 0 atom stereocenters. The molecule has 37 heavy (non-hydrogen) atoms. The van der Waals surface area contributed by atoms with Crippen molar-refractivity contribution in [2.45, 2.75) is 117 Å². The van der Waals surface area contributed by atoms with Crippen LogP contribution >= 0.6 is 0 Å². The van der Waals surface area contributed by atoms with Gasteiger partial charge < -0.3 is 0 Å². The Labute approximate surface area is 240 Å². The first-order chi connectivity index (χ1) is 17.0. The van der Waals surface area contributed by atoms with Gasteiger partial charge in [-0.1, -0.05) is 102 Å². The van der Waals surface area contributed by atoms with Gasteiger partial charge in [0.25, 0.3) is 0 Å². The summed E-state index contributed by atoms with van der Waals surface area (Å²) in [5.74, 6) is 0. The van der Waals surface area contributed by atoms with E-state index in [1.165, 1.54) is 47.5 Å². The standard InChI is InChI=1S/C32H52N2Si2.Ni/c1-9-11-19-31(33-29-17-13-15-27(25-29)21-23-35(3,4)5)32(20-12-10-2)34-30-18-14-16-28(26-30)22-24-36(6,7)8;/h13-18,25-26H,9-12,19-24H2,1-8H3;. The molecule has 2 nitrogen and oxygen atoms in total. The summed E-state index contributed by atoms with van der Waals surface area (Å²) < 4.78 is 0. The molecule has 2 rings (SSSR count). The summed E-state index contributed by atoms with van der Waals surface area (Å²) in [5, 5.41) is 0. The second-order valence-corrected chi connectivity index (χ2v) is 24.0. The third kappa shape index (κ3) is 14.4. The average Bonchev–Trinajstić information content (AvgIpc) is 2.81. The van der Waals surface area contributed by atoms with E-state index in [0.717, 1.165) is 49.9 Å². The van der Waals surface area contributed by atoms with Gasteiger partial charge in [0.2, 0.25) is 0 Å². The largest absolute Gasteiger partial charge is 0.252 e. The molecule has 0 bridgehead atoms. The van der Waals surface area contributed by atoms with E-state index in [0.29, 0.717) is 0 Å². The maximum atomic E-state index is 5.24. The molecule has 2 aromatic carbocycles. The Bertz CT molecular complexity index is 919. The molecule has 208 valence electrons. The van der Waals surface area contributed by atoms with Crippen molar-refractivity contribution in [2.24, 2.45) is 9.98 Å². The van der Waals surface area contributed by atoms with Crippen molar-refractivity contribution in [1.29, 1.82) is 0 Å². The van der Waals surface area contributed by atoms with E-state index in [4.69, 9.17) is 9.98 Å². The summed E-state index contributed by atoms with van der Waals surface area (Å²) in [6.45, 7) is 19.2. The predicted molar refractivity (Wildman–Crippen MR) is 170 cm³/mol. The molecule has 5 heteroatoms. The van der Waals surface area contributed by atoms with Crippen LogP contribution in [0.25, 0.3) is 0 Å². The van der Waals surface area contributed by atoms with Crippen molar-refractivity contribution in [3.63, 3.8) is 0 Å². The smallest absolute Gasteiger partial charge is 0.0636 e. The van der Waals surface area contributed by atoms with Gasteiger partial charge in [-0.2, -0.15) is 0 Å². The summed E-state index contributed by atoms with van der Waals surface area (Å²) in [7, 11) is -2.11. The first-order valence-corrected chi connectivity index (χ1v) is 21.7. The Morgan fingerprint density at radius 1 is 0.622 bits per heavy atom. The number of nitrogens with zero attached hydrogens (tertiary/aromatic N) is 2. The minimum absolute atomic E-state index is 0. The van der Waals surface area contributed by atoms with E-state index in [1.54, 1.807) is 0 Å². The van der Waals surface area contributed by atoms with Crippen LogP contribution in [0, 0.1) is 0 Å². The first kappa shape index (κ1) is 33.7. The quantitative estimate of drug-likeness (QED) is 0.148. The van der Waals surface area contributed by atoms with Crippen LogP contribution in [0.3, 0.4) is 0 Å². The minimum Gasteiger partial charge on any atom is -0.252 e. The van der Waals surface area contributed by atoms with Gasteiger partial charge in [-0.15, -0.1) is 0 Å². The Balaban J connectivity index is 0.00000684. The molecule has 0 amide bonds. The Kier molecular flexibility index (Phi) is 15.2. The zero-order valence-corrected chi connectivity index (χ0v) is 27.9. The molecule has 0 N–H and O–H groups in total. The number of aryl methyl sites for hydroxylation is 2. The van der Waals surface area contributed by atoms with Crippen molar-refractivity contribution in [2.75, 3.05) is 0 Å². The van der Waals surface area contributed by atoms with Gasteiger partial charge in [-0.05, 0) is 73.9 Å². The summed E-state index contributed by atoms with van der Waals surface area (Å²) in [6, 6.07) is 20.5. The maximum absolute atomic E-state index is 5.24. The van der Waals surface area contributed by atoms with E-state index in [-0.39, 0.29) is 16.5 Å². The van der Waals surface area contributed by atoms with Gasteiger partial charge in [0.05, 0.1) is 22.8 Å². The number of aliphatic imine (C=N–C) groups is 2. The van der Waals surface area contributed by atoms with Crippen LogP contribution in [-0.4, -0.2) is 27.6 Å². The first-order valence-electron chi connectivity index (χ1n) is 14.3. The van der Waals surface area contributed by atoms with Crippen LogP contribution in [0.1, 0.15) is 63.5 Å². The number of unbranched alkanes of at least 4 members (excludes halogenated alkanes) is 2. The van der Waals surface area contributed by atoms with Crippen LogP contribution in [0.5, 0.6) is 0 Å². The molecule has 0 spiro atoms. The molecule has 0 unspecified atom stereocenters. The van der Waals surface area contributed by atoms with E-state index in [2.05, 4.69) is 102 Å². The Morgan fingerprint density at radius 2 is 1.00 bits per heavy atom. The zero-order valence-electron chi connectivity index (χ0n) is 24.9. The predicted octanol–water partition coefficient (Wildman–Crippen LogP) is 10.7. The molecule has 0 aliphatic rings. The number of hydrogen-bond acceptors (Lipinski definition) is 2. The van der Waals surface area contributed by atoms with Gasteiger partial charge in [-0.3, -0.25) is 9.98 Å². The molecule has 0 fully saturated rings. The summed E-state index contributed by atoms with van der Waals surface area (Å²) >= 11 is 0. The van der Waals surface area contributed by atoms with Gasteiger partial charge in [0, 0.05) is 32.6 Å². The van der Waals surface area contributed by atoms with Gasteiger partial charge in [-0.25, -0.2) is 0 Å². The van der Waals surface area contributed by atoms with Crippen molar-refractivity contribution < 1.29 is 16.5 Å². The molecule has 0 heterocycles. The molecule has 0 radical (unpaired) electrons. The van der Waals surface area contributed by atoms with Gasteiger partial charge in [0.1, 0.15) is 0 Å². The number of benzene rings is 2. The summed E-state index contributed by atoms with van der Waals surface area (Å²) in [5.41, 5.74) is 7.36. The van der Waals surface area contributed by atoms with Crippen LogP contribution < -0.4 is 0 Å². The Morgan fingerprint density at radius 3 is 1.32 bits per heavy atom. The SMILES string of the molecule is CCCCC(=Nc1cccc(CC[Si](C)(C)C)c1)C(CCCC)=Nc1cccc(CC[Si](C)(C)C)c1.[Ni]. The number of hydrogen-bond donors (Lipinski definition) is 0. The van der Waals surface area contributed by atoms with Crippen LogP contribution in [0.4, 0.5) is 11.4 Å². The molecule has 2 aromatic rings. The second kappa shape index (κ2) is 16.6. The van der Waals surface area contributed by atoms with E-state index in [9.17, 15) is 0 Å². The second-order valence-electron chi connectivity index (χ2n) is 12.8. The van der Waals surface area contributed by atoms with Gasteiger partial charge in [0.15, 0.2) is 0 Å². The summed E-state index contributed by atoms with van der Waals surface area (Å²) in [4.78, 5) is 10.5.